The Hall–Kier alpha value is -1.42. The lowest BCUT2D eigenvalue weighted by Crippen LogP contribution is -2.63. The third kappa shape index (κ3) is 2.96. The highest BCUT2D eigenvalue weighted by molar-refractivity contribution is 8.12. The molecule has 1 rings (SSSR count). The first-order valence-corrected chi connectivity index (χ1v) is 9.52. The van der Waals surface area contributed by atoms with Gasteiger partial charge in [0, 0.05) is 6.42 Å². The van der Waals surface area contributed by atoms with Crippen LogP contribution in [-0.2, 0) is 24.5 Å². The van der Waals surface area contributed by atoms with Crippen LogP contribution in [0.15, 0.2) is 0 Å². The molecular formula is C10H13F6N2O6S2+. The fourth-order valence-corrected chi connectivity index (χ4v) is 6.78. The van der Waals surface area contributed by atoms with Gasteiger partial charge in [0.2, 0.25) is 5.84 Å². The van der Waals surface area contributed by atoms with E-state index in [1.165, 1.54) is 0 Å². The van der Waals surface area contributed by atoms with Crippen LogP contribution in [0.25, 0.3) is 0 Å². The number of hydrogen-bond donors (Lipinski definition) is 2. The van der Waals surface area contributed by atoms with Crippen molar-refractivity contribution in [2.24, 2.45) is 0 Å². The summed E-state index contributed by atoms with van der Waals surface area (Å²) in [7, 11) is -13.3. The molecule has 0 radical (unpaired) electrons. The minimum atomic E-state index is -7.03. The van der Waals surface area contributed by atoms with Gasteiger partial charge in [-0.3, -0.25) is 14.7 Å². The molecule has 1 fully saturated rings. The van der Waals surface area contributed by atoms with Crippen molar-refractivity contribution in [3.05, 3.63) is 0 Å². The van der Waals surface area contributed by atoms with E-state index in [1.807, 2.05) is 0 Å². The molecule has 8 nitrogen and oxygen atoms in total. The van der Waals surface area contributed by atoms with Crippen molar-refractivity contribution in [2.75, 3.05) is 20.1 Å². The molecule has 1 aliphatic heterocycles. The van der Waals surface area contributed by atoms with Crippen molar-refractivity contribution in [2.45, 2.75) is 27.9 Å². The largest absolute Gasteiger partial charge is 0.499 e. The molecule has 16 heteroatoms. The Morgan fingerprint density at radius 1 is 1.12 bits per heavy atom. The molecule has 0 spiro atoms. The van der Waals surface area contributed by atoms with Gasteiger partial charge in [-0.1, -0.05) is 0 Å². The predicted molar refractivity (Wildman–Crippen MR) is 73.2 cm³/mol. The van der Waals surface area contributed by atoms with Crippen molar-refractivity contribution in [3.63, 3.8) is 0 Å². The number of halogens is 6. The zero-order valence-electron chi connectivity index (χ0n) is 12.8. The molecular weight excluding hydrogens is 422 g/mol. The molecule has 1 heterocycles. The Morgan fingerprint density at radius 3 is 1.81 bits per heavy atom. The lowest BCUT2D eigenvalue weighted by molar-refractivity contribution is -0.814. The first-order chi connectivity index (χ1) is 11.3. The van der Waals surface area contributed by atoms with Gasteiger partial charge in [0.25, 0.3) is 23.8 Å². The molecule has 1 atom stereocenters. The fourth-order valence-electron chi connectivity index (χ4n) is 2.64. The number of nitrogens with zero attached hydrogens (tertiary/aromatic N) is 1. The lowest BCUT2D eigenvalue weighted by atomic mass is 10.3. The summed E-state index contributed by atoms with van der Waals surface area (Å²) in [6, 6.07) is 0. The number of carboxylic acids is 1. The number of carbonyl (C=O) groups is 1. The van der Waals surface area contributed by atoms with Gasteiger partial charge in [-0.25, -0.2) is 16.8 Å². The molecule has 0 aromatic heterocycles. The minimum Gasteiger partial charge on any atom is -0.481 e. The van der Waals surface area contributed by atoms with E-state index in [-0.39, 0.29) is 0 Å². The number of carboxylic acid groups (broad SMARTS) is 1. The number of aliphatic carboxylic acids is 1. The van der Waals surface area contributed by atoms with Crippen LogP contribution in [0.4, 0.5) is 26.3 Å². The maximum Gasteiger partial charge on any atom is 0.499 e. The molecule has 0 amide bonds. The van der Waals surface area contributed by atoms with E-state index < -0.39 is 77.0 Å². The third-order valence-corrected chi connectivity index (χ3v) is 9.20. The molecule has 0 aromatic rings. The highest BCUT2D eigenvalue weighted by Gasteiger charge is 2.80. The van der Waals surface area contributed by atoms with E-state index in [4.69, 9.17) is 10.5 Å². The second kappa shape index (κ2) is 6.05. The Bertz CT molecular complexity index is 787. The number of quaternary nitrogens is 1. The summed E-state index contributed by atoms with van der Waals surface area (Å²) < 4.78 is 119. The minimum absolute atomic E-state index is 0.767. The molecule has 1 aliphatic rings. The maximum atomic E-state index is 13.0. The van der Waals surface area contributed by atoms with E-state index in [1.54, 1.807) is 0 Å². The highest BCUT2D eigenvalue weighted by Crippen LogP contribution is 2.50. The monoisotopic (exact) mass is 435 g/mol. The summed E-state index contributed by atoms with van der Waals surface area (Å²) in [6.07, 6.45) is -2.53. The predicted octanol–water partition coefficient (Wildman–Crippen LogP) is 0.854. The fraction of sp³-hybridized carbons (Fsp3) is 0.800. The lowest BCUT2D eigenvalue weighted by Gasteiger charge is -2.33. The van der Waals surface area contributed by atoms with Gasteiger partial charge in [-0.15, -0.1) is 0 Å². The van der Waals surface area contributed by atoms with Crippen molar-refractivity contribution in [1.82, 2.24) is 0 Å². The van der Waals surface area contributed by atoms with E-state index in [0.29, 0.717) is 0 Å². The van der Waals surface area contributed by atoms with E-state index >= 15 is 0 Å². The second-order valence-corrected chi connectivity index (χ2v) is 10.3. The third-order valence-electron chi connectivity index (χ3n) is 4.13. The normalized spacial score (nSPS) is 24.7. The number of amidine groups is 1. The number of likely N-dealkylation sites (tertiary alicyclic amines) is 1. The van der Waals surface area contributed by atoms with Gasteiger partial charge in [0.1, 0.15) is 0 Å². The van der Waals surface area contributed by atoms with Crippen LogP contribution in [-0.4, -0.2) is 73.5 Å². The molecule has 1 saturated heterocycles. The average molecular weight is 435 g/mol. The summed E-state index contributed by atoms with van der Waals surface area (Å²) in [5.74, 6) is -3.42. The SMILES string of the molecule is C[N+]1(CCC(=O)O)CCC(S(=O)(=O)C(F)(F)F)(S(=O)(=O)C(F)(F)F)C1=N. The van der Waals surface area contributed by atoms with E-state index in [2.05, 4.69) is 0 Å². The summed E-state index contributed by atoms with van der Waals surface area (Å²) in [6.45, 7) is -1.69. The van der Waals surface area contributed by atoms with Gasteiger partial charge in [0.15, 0.2) is 0 Å². The summed E-state index contributed by atoms with van der Waals surface area (Å²) in [5.41, 5.74) is -12.8. The molecule has 26 heavy (non-hydrogen) atoms. The molecule has 0 aromatic carbocycles. The van der Waals surface area contributed by atoms with Crippen molar-refractivity contribution >= 4 is 31.5 Å². The number of rotatable bonds is 5. The Balaban J connectivity index is 3.79. The quantitative estimate of drug-likeness (QED) is 0.487. The molecule has 152 valence electrons. The van der Waals surface area contributed by atoms with Gasteiger partial charge in [-0.05, 0) is 0 Å². The first-order valence-electron chi connectivity index (χ1n) is 6.56. The van der Waals surface area contributed by atoms with Crippen LogP contribution in [0, 0.1) is 5.41 Å². The van der Waals surface area contributed by atoms with Crippen LogP contribution in [0.5, 0.6) is 0 Å². The van der Waals surface area contributed by atoms with Gasteiger partial charge in [-0.2, -0.15) is 26.3 Å². The van der Waals surface area contributed by atoms with Crippen LogP contribution in [0.2, 0.25) is 0 Å². The molecule has 0 bridgehead atoms. The first kappa shape index (κ1) is 22.6. The second-order valence-electron chi connectivity index (χ2n) is 5.74. The molecule has 1 unspecified atom stereocenters. The van der Waals surface area contributed by atoms with Crippen LogP contribution >= 0.6 is 0 Å². The molecule has 0 saturated carbocycles. The Morgan fingerprint density at radius 2 is 1.50 bits per heavy atom. The zero-order valence-corrected chi connectivity index (χ0v) is 14.5. The summed E-state index contributed by atoms with van der Waals surface area (Å²) in [4.78, 5) is 10.6. The topological polar surface area (TPSA) is 129 Å². The maximum absolute atomic E-state index is 13.0. The Kier molecular flexibility index (Phi) is 5.26. The van der Waals surface area contributed by atoms with Crippen LogP contribution in [0.1, 0.15) is 12.8 Å². The number of hydrogen-bond acceptors (Lipinski definition) is 6. The number of nitrogens with one attached hydrogen (secondary N) is 1. The zero-order chi connectivity index (χ0) is 21.0. The number of sulfone groups is 2. The van der Waals surface area contributed by atoms with Gasteiger partial charge < -0.3 is 5.11 Å². The smallest absolute Gasteiger partial charge is 0.481 e. The Labute approximate surface area is 143 Å². The summed E-state index contributed by atoms with van der Waals surface area (Å²) in [5, 5.41) is 16.3. The van der Waals surface area contributed by atoms with E-state index in [0.717, 1.165) is 7.05 Å². The average Bonchev–Trinajstić information content (AvgIpc) is 2.69. The van der Waals surface area contributed by atoms with Crippen LogP contribution in [0.3, 0.4) is 0 Å². The number of alkyl halides is 6. The standard InChI is InChI=1S/C10H12F6N2O6S2/c1-18(4-2-6(19)20)5-3-8(7(18)17,25(21,22)9(11,12)13)26(23,24)10(14,15)16/h17H,2-5H2,1H3/p+1. The summed E-state index contributed by atoms with van der Waals surface area (Å²) >= 11 is 0. The van der Waals surface area contributed by atoms with Crippen molar-refractivity contribution in [1.29, 1.82) is 5.41 Å². The van der Waals surface area contributed by atoms with Gasteiger partial charge in [0.05, 0.1) is 26.6 Å². The van der Waals surface area contributed by atoms with Gasteiger partial charge >= 0.3 is 17.0 Å². The highest BCUT2D eigenvalue weighted by atomic mass is 32.3. The van der Waals surface area contributed by atoms with E-state index in [9.17, 15) is 48.0 Å². The molecule has 2 N–H and O–H groups in total. The molecule has 0 aliphatic carbocycles. The van der Waals surface area contributed by atoms with Crippen molar-refractivity contribution in [3.8, 4) is 0 Å². The van der Waals surface area contributed by atoms with Crippen molar-refractivity contribution < 1.29 is 57.6 Å². The van der Waals surface area contributed by atoms with Crippen LogP contribution < -0.4 is 0 Å².